The molecule has 3 aromatic rings. The second kappa shape index (κ2) is 11.7. The van der Waals surface area contributed by atoms with Gasteiger partial charge in [0, 0.05) is 17.7 Å². The average molecular weight is 559 g/mol. The first kappa shape index (κ1) is 27.0. The lowest BCUT2D eigenvalue weighted by atomic mass is 10.0. The fourth-order valence-corrected chi connectivity index (χ4v) is 4.70. The summed E-state index contributed by atoms with van der Waals surface area (Å²) in [6.07, 6.45) is 7.44. The van der Waals surface area contributed by atoms with E-state index in [1.54, 1.807) is 19.2 Å². The third-order valence-electron chi connectivity index (χ3n) is 6.64. The van der Waals surface area contributed by atoms with Crippen LogP contribution < -0.4 is 10.6 Å². The minimum absolute atomic E-state index is 0.260. The molecule has 11 heteroatoms. The van der Waals surface area contributed by atoms with Crippen LogP contribution in [0.3, 0.4) is 0 Å². The van der Waals surface area contributed by atoms with E-state index in [1.807, 2.05) is 43.3 Å². The number of amides is 2. The SMILES string of the molecule is Cc1cccc([C@@H](CO)NC(=O)[C@@H](C)N2Cc3ccc(-c4nc(NC5=COC=CN=C5)ncc4Cl)cc3C2=O)c1. The van der Waals surface area contributed by atoms with Crippen molar-refractivity contribution in [2.24, 2.45) is 4.99 Å². The fraction of sp³-hybridized carbons (Fsp3) is 0.207. The lowest BCUT2D eigenvalue weighted by molar-refractivity contribution is -0.126. The minimum atomic E-state index is -0.758. The smallest absolute Gasteiger partial charge is 0.255 e. The first-order chi connectivity index (χ1) is 19.3. The Morgan fingerprint density at radius 2 is 2.10 bits per heavy atom. The number of benzene rings is 2. The number of hydrogen-bond donors (Lipinski definition) is 3. The molecule has 1 aromatic heterocycles. The molecule has 3 N–H and O–H groups in total. The topological polar surface area (TPSA) is 129 Å². The second-order valence-electron chi connectivity index (χ2n) is 9.43. The normalized spacial score (nSPS) is 15.6. The molecule has 2 aliphatic heterocycles. The number of anilines is 1. The van der Waals surface area contributed by atoms with E-state index in [0.29, 0.717) is 27.5 Å². The van der Waals surface area contributed by atoms with Gasteiger partial charge >= 0.3 is 0 Å². The highest BCUT2D eigenvalue weighted by Crippen LogP contribution is 2.32. The molecule has 0 aliphatic carbocycles. The van der Waals surface area contributed by atoms with Gasteiger partial charge in [0.05, 0.1) is 47.7 Å². The van der Waals surface area contributed by atoms with Gasteiger partial charge < -0.3 is 25.4 Å². The number of nitrogens with zero attached hydrogens (tertiary/aromatic N) is 4. The summed E-state index contributed by atoms with van der Waals surface area (Å²) in [5.74, 6) is -0.357. The maximum atomic E-state index is 13.4. The van der Waals surface area contributed by atoms with E-state index in [-0.39, 0.29) is 30.9 Å². The maximum Gasteiger partial charge on any atom is 0.255 e. The van der Waals surface area contributed by atoms with Crippen molar-refractivity contribution in [3.8, 4) is 11.3 Å². The van der Waals surface area contributed by atoms with Gasteiger partial charge in [-0.05, 0) is 31.0 Å². The predicted molar refractivity (Wildman–Crippen MR) is 151 cm³/mol. The molecule has 0 saturated carbocycles. The Balaban J connectivity index is 1.32. The number of aliphatic hydroxyl groups excluding tert-OH is 1. The van der Waals surface area contributed by atoms with E-state index in [4.69, 9.17) is 16.3 Å². The van der Waals surface area contributed by atoms with Crippen molar-refractivity contribution in [1.82, 2.24) is 20.2 Å². The Labute approximate surface area is 236 Å². The summed E-state index contributed by atoms with van der Waals surface area (Å²) >= 11 is 6.43. The Bertz CT molecular complexity index is 1550. The summed E-state index contributed by atoms with van der Waals surface area (Å²) in [5.41, 5.74) is 4.68. The highest BCUT2D eigenvalue weighted by molar-refractivity contribution is 6.33. The molecule has 3 heterocycles. The first-order valence-corrected chi connectivity index (χ1v) is 13.0. The Hall–Kier alpha value is -4.54. The number of aliphatic imine (C=N–C) groups is 1. The molecule has 0 fully saturated rings. The molecule has 0 spiro atoms. The molecule has 0 radical (unpaired) electrons. The van der Waals surface area contributed by atoms with E-state index in [2.05, 4.69) is 25.6 Å². The molecule has 0 saturated heterocycles. The van der Waals surface area contributed by atoms with Crippen LogP contribution in [0.5, 0.6) is 0 Å². The van der Waals surface area contributed by atoms with Crippen LogP contribution in [0.1, 0.15) is 40.0 Å². The van der Waals surface area contributed by atoms with Crippen LogP contribution in [-0.4, -0.2) is 50.7 Å². The van der Waals surface area contributed by atoms with Crippen LogP contribution in [0.4, 0.5) is 5.95 Å². The van der Waals surface area contributed by atoms with Crippen LogP contribution in [0.25, 0.3) is 11.3 Å². The number of aliphatic hydroxyl groups is 1. The number of hydrogen-bond acceptors (Lipinski definition) is 8. The molecular weight excluding hydrogens is 532 g/mol. The summed E-state index contributed by atoms with van der Waals surface area (Å²) in [7, 11) is 0. The van der Waals surface area contributed by atoms with Crippen LogP contribution >= 0.6 is 11.6 Å². The van der Waals surface area contributed by atoms with Crippen molar-refractivity contribution >= 4 is 35.6 Å². The first-order valence-electron chi connectivity index (χ1n) is 12.6. The molecule has 0 unspecified atom stereocenters. The lowest BCUT2D eigenvalue weighted by Crippen LogP contribution is -2.46. The van der Waals surface area contributed by atoms with Gasteiger partial charge in [0.25, 0.3) is 5.91 Å². The maximum absolute atomic E-state index is 13.4. The molecule has 40 heavy (non-hydrogen) atoms. The number of halogens is 1. The predicted octanol–water partition coefficient (Wildman–Crippen LogP) is 4.13. The van der Waals surface area contributed by atoms with E-state index >= 15 is 0 Å². The van der Waals surface area contributed by atoms with Crippen LogP contribution in [0, 0.1) is 6.92 Å². The summed E-state index contributed by atoms with van der Waals surface area (Å²) in [6, 6.07) is 11.6. The van der Waals surface area contributed by atoms with Crippen LogP contribution in [0.15, 0.2) is 78.1 Å². The molecule has 0 bridgehead atoms. The minimum Gasteiger partial charge on any atom is -0.469 e. The molecule has 2 amide bonds. The van der Waals surface area contributed by atoms with Gasteiger partial charge in [0.15, 0.2) is 0 Å². The Morgan fingerprint density at radius 3 is 2.90 bits per heavy atom. The third-order valence-corrected chi connectivity index (χ3v) is 6.92. The van der Waals surface area contributed by atoms with Crippen molar-refractivity contribution in [3.63, 3.8) is 0 Å². The summed E-state index contributed by atoms with van der Waals surface area (Å²) in [4.78, 5) is 40.8. The van der Waals surface area contributed by atoms with Crippen molar-refractivity contribution < 1.29 is 19.4 Å². The molecule has 204 valence electrons. The van der Waals surface area contributed by atoms with E-state index in [9.17, 15) is 14.7 Å². The van der Waals surface area contributed by atoms with Crippen molar-refractivity contribution in [2.45, 2.75) is 32.5 Å². The third kappa shape index (κ3) is 5.73. The van der Waals surface area contributed by atoms with Gasteiger partial charge in [-0.25, -0.2) is 9.97 Å². The quantitative estimate of drug-likeness (QED) is 0.379. The van der Waals surface area contributed by atoms with Gasteiger partial charge in [0.1, 0.15) is 18.6 Å². The number of rotatable bonds is 8. The monoisotopic (exact) mass is 558 g/mol. The number of aryl methyl sites for hydroxylation is 1. The average Bonchev–Trinajstić information content (AvgIpc) is 3.10. The Morgan fingerprint density at radius 1 is 1.25 bits per heavy atom. The number of ether oxygens (including phenoxy) is 1. The van der Waals surface area contributed by atoms with E-state index in [0.717, 1.165) is 16.7 Å². The summed E-state index contributed by atoms with van der Waals surface area (Å²) in [5, 5.41) is 16.1. The van der Waals surface area contributed by atoms with E-state index in [1.165, 1.54) is 29.8 Å². The van der Waals surface area contributed by atoms with Gasteiger partial charge in [0.2, 0.25) is 11.9 Å². The van der Waals surface area contributed by atoms with Crippen molar-refractivity contribution in [3.05, 3.63) is 100 Å². The molecular formula is C29H27ClN6O4. The summed E-state index contributed by atoms with van der Waals surface area (Å²) < 4.78 is 5.19. The standard InChI is InChI=1S/C29H27ClN6O4/c1-17-4-3-5-19(10-17)25(15-37)34-27(38)18(2)36-14-21-7-6-20(11-23(21)28(36)39)26-24(30)13-32-29(35-26)33-22-12-31-8-9-40-16-22/h3-13,16,18,25,37H,14-15H2,1-2H3,(H,34,38)(H,32,33,35)/t18-,25-/m1/s1. The fourth-order valence-electron chi connectivity index (χ4n) is 4.50. The van der Waals surface area contributed by atoms with Crippen molar-refractivity contribution in [1.29, 1.82) is 0 Å². The zero-order valence-electron chi connectivity index (χ0n) is 21.8. The zero-order valence-corrected chi connectivity index (χ0v) is 22.6. The van der Waals surface area contributed by atoms with Gasteiger partial charge in [-0.15, -0.1) is 0 Å². The number of nitrogens with one attached hydrogen (secondary N) is 2. The highest BCUT2D eigenvalue weighted by atomic mass is 35.5. The molecule has 10 nitrogen and oxygen atoms in total. The van der Waals surface area contributed by atoms with Crippen LogP contribution in [0.2, 0.25) is 5.02 Å². The van der Waals surface area contributed by atoms with E-state index < -0.39 is 12.1 Å². The number of fused-ring (bicyclic) bond motifs is 1. The molecule has 2 aliphatic rings. The number of carbonyl (C=O) groups excluding carboxylic acids is 2. The highest BCUT2D eigenvalue weighted by Gasteiger charge is 2.35. The Kier molecular flexibility index (Phi) is 7.90. The van der Waals surface area contributed by atoms with Crippen LogP contribution in [-0.2, 0) is 16.1 Å². The van der Waals surface area contributed by atoms with Gasteiger partial charge in [-0.2, -0.15) is 0 Å². The van der Waals surface area contributed by atoms with Crippen molar-refractivity contribution in [2.75, 3.05) is 11.9 Å². The number of carbonyl (C=O) groups is 2. The zero-order chi connectivity index (χ0) is 28.2. The molecule has 5 rings (SSSR count). The number of allylic oxidation sites excluding steroid dienone is 1. The van der Waals surface area contributed by atoms with Gasteiger partial charge in [-0.1, -0.05) is 53.6 Å². The number of aromatic nitrogens is 2. The largest absolute Gasteiger partial charge is 0.469 e. The molecule has 2 aromatic carbocycles. The molecule has 2 atom stereocenters. The second-order valence-corrected chi connectivity index (χ2v) is 9.83. The lowest BCUT2D eigenvalue weighted by Gasteiger charge is -2.26. The van der Waals surface area contributed by atoms with Gasteiger partial charge in [-0.3, -0.25) is 14.6 Å². The summed E-state index contributed by atoms with van der Waals surface area (Å²) in [6.45, 7) is 3.64.